The number of rotatable bonds is 5. The monoisotopic (exact) mass is 286 g/mol. The van der Waals surface area contributed by atoms with Crippen LogP contribution in [0.1, 0.15) is 11.1 Å². The van der Waals surface area contributed by atoms with Crippen molar-refractivity contribution in [3.8, 4) is 6.07 Å². The smallest absolute Gasteiger partial charge is 0.328 e. The fourth-order valence-corrected chi connectivity index (χ4v) is 1.83. The lowest BCUT2D eigenvalue weighted by Crippen LogP contribution is -2.09. The highest BCUT2D eigenvalue weighted by Gasteiger charge is 2.20. The molecule has 0 atom stereocenters. The largest absolute Gasteiger partial charge is 0.364 e. The van der Waals surface area contributed by atoms with Crippen LogP contribution >= 0.6 is 0 Å². The van der Waals surface area contributed by atoms with Crippen molar-refractivity contribution in [2.24, 2.45) is 0 Å². The van der Waals surface area contributed by atoms with Crippen molar-refractivity contribution >= 4 is 11.5 Å². The van der Waals surface area contributed by atoms with E-state index in [1.54, 1.807) is 18.2 Å². The first-order valence-electron chi connectivity index (χ1n) is 6.13. The second-order valence-electron chi connectivity index (χ2n) is 4.23. The van der Waals surface area contributed by atoms with Gasteiger partial charge < -0.3 is 5.32 Å². The molecule has 6 nitrogen and oxygen atoms in total. The third kappa shape index (κ3) is 3.51. The van der Waals surface area contributed by atoms with Crippen LogP contribution in [0.4, 0.5) is 15.9 Å². The van der Waals surface area contributed by atoms with E-state index in [9.17, 15) is 14.5 Å². The number of benzene rings is 1. The van der Waals surface area contributed by atoms with Crippen molar-refractivity contribution in [1.29, 1.82) is 5.26 Å². The van der Waals surface area contributed by atoms with E-state index >= 15 is 0 Å². The maximum Gasteiger partial charge on any atom is 0.328 e. The Kier molecular flexibility index (Phi) is 4.41. The van der Waals surface area contributed by atoms with Crippen molar-refractivity contribution < 1.29 is 9.31 Å². The number of halogens is 1. The Hall–Kier alpha value is -3.01. The first-order chi connectivity index (χ1) is 10.1. The molecule has 0 saturated heterocycles. The molecule has 0 fully saturated rings. The summed E-state index contributed by atoms with van der Waals surface area (Å²) in [5.74, 6) is -0.258. The third-order valence-electron chi connectivity index (χ3n) is 2.85. The molecule has 1 aromatic heterocycles. The summed E-state index contributed by atoms with van der Waals surface area (Å²) in [6.45, 7) is 0.383. The number of pyridine rings is 1. The van der Waals surface area contributed by atoms with Crippen LogP contribution in [-0.2, 0) is 6.42 Å². The van der Waals surface area contributed by atoms with Gasteiger partial charge in [-0.3, -0.25) is 10.1 Å². The maximum atomic E-state index is 12.8. The van der Waals surface area contributed by atoms with Gasteiger partial charge in [-0.2, -0.15) is 5.26 Å². The summed E-state index contributed by atoms with van der Waals surface area (Å²) in [6.07, 6.45) is 1.89. The summed E-state index contributed by atoms with van der Waals surface area (Å²) >= 11 is 0. The highest BCUT2D eigenvalue weighted by atomic mass is 19.1. The average Bonchev–Trinajstić information content (AvgIpc) is 2.48. The SMILES string of the molecule is N#Cc1ccnc(NCCc2ccc(F)cc2)c1[N+](=O)[O-]. The number of nitro groups is 1. The van der Waals surface area contributed by atoms with Crippen LogP contribution in [-0.4, -0.2) is 16.5 Å². The van der Waals surface area contributed by atoms with E-state index in [0.717, 1.165) is 5.56 Å². The van der Waals surface area contributed by atoms with E-state index in [-0.39, 0.29) is 22.9 Å². The van der Waals surface area contributed by atoms with Crippen molar-refractivity contribution in [2.75, 3.05) is 11.9 Å². The van der Waals surface area contributed by atoms with E-state index in [2.05, 4.69) is 10.3 Å². The molecule has 0 spiro atoms. The van der Waals surface area contributed by atoms with Gasteiger partial charge in [-0.25, -0.2) is 9.37 Å². The van der Waals surface area contributed by atoms with Gasteiger partial charge in [0, 0.05) is 12.7 Å². The number of nitrogens with one attached hydrogen (secondary N) is 1. The summed E-state index contributed by atoms with van der Waals surface area (Å²) in [5.41, 5.74) is 0.515. The van der Waals surface area contributed by atoms with Gasteiger partial charge in [0.1, 0.15) is 17.4 Å². The molecule has 1 heterocycles. The highest BCUT2D eigenvalue weighted by Crippen LogP contribution is 2.25. The minimum Gasteiger partial charge on any atom is -0.364 e. The van der Waals surface area contributed by atoms with Crippen LogP contribution < -0.4 is 5.32 Å². The number of nitrogens with zero attached hydrogens (tertiary/aromatic N) is 3. The molecule has 0 aliphatic heterocycles. The zero-order chi connectivity index (χ0) is 15.2. The Morgan fingerprint density at radius 2 is 2.05 bits per heavy atom. The lowest BCUT2D eigenvalue weighted by atomic mass is 10.1. The quantitative estimate of drug-likeness (QED) is 0.673. The van der Waals surface area contributed by atoms with E-state index in [1.807, 2.05) is 0 Å². The van der Waals surface area contributed by atoms with Crippen LogP contribution in [0.2, 0.25) is 0 Å². The van der Waals surface area contributed by atoms with Gasteiger partial charge in [-0.15, -0.1) is 0 Å². The minimum absolute atomic E-state index is 0.0423. The van der Waals surface area contributed by atoms with Crippen molar-refractivity contribution in [2.45, 2.75) is 6.42 Å². The van der Waals surface area contributed by atoms with Gasteiger partial charge in [0.05, 0.1) is 4.92 Å². The Labute approximate surface area is 120 Å². The summed E-state index contributed by atoms with van der Waals surface area (Å²) in [4.78, 5) is 14.3. The lowest BCUT2D eigenvalue weighted by Gasteiger charge is -2.06. The Morgan fingerprint density at radius 3 is 2.67 bits per heavy atom. The topological polar surface area (TPSA) is 91.8 Å². The second-order valence-corrected chi connectivity index (χ2v) is 4.23. The number of aromatic nitrogens is 1. The van der Waals surface area contributed by atoms with Gasteiger partial charge in [-0.05, 0) is 30.2 Å². The Morgan fingerprint density at radius 1 is 1.33 bits per heavy atom. The predicted octanol–water partition coefficient (Wildman–Crippen LogP) is 2.66. The van der Waals surface area contributed by atoms with Gasteiger partial charge in [0.15, 0.2) is 0 Å². The highest BCUT2D eigenvalue weighted by molar-refractivity contribution is 5.64. The summed E-state index contributed by atoms with van der Waals surface area (Å²) in [6, 6.07) is 9.06. The molecule has 7 heteroatoms. The fourth-order valence-electron chi connectivity index (χ4n) is 1.83. The standard InChI is InChI=1S/C14H11FN4O2/c15-12-3-1-10(2-4-12)5-7-17-14-13(19(20)21)11(9-16)6-8-18-14/h1-4,6,8H,5,7H2,(H,17,18). The summed E-state index contributed by atoms with van der Waals surface area (Å²) < 4.78 is 12.8. The first-order valence-corrected chi connectivity index (χ1v) is 6.13. The average molecular weight is 286 g/mol. The predicted molar refractivity (Wildman–Crippen MR) is 74.2 cm³/mol. The molecule has 0 amide bonds. The van der Waals surface area contributed by atoms with Gasteiger partial charge >= 0.3 is 5.69 Å². The zero-order valence-corrected chi connectivity index (χ0v) is 10.9. The van der Waals surface area contributed by atoms with E-state index in [4.69, 9.17) is 5.26 Å². The molecule has 106 valence electrons. The molecule has 0 unspecified atom stereocenters. The summed E-state index contributed by atoms with van der Waals surface area (Å²) in [7, 11) is 0. The van der Waals surface area contributed by atoms with Crippen molar-refractivity contribution in [3.63, 3.8) is 0 Å². The molecule has 0 radical (unpaired) electrons. The van der Waals surface area contributed by atoms with Crippen molar-refractivity contribution in [3.05, 3.63) is 63.6 Å². The van der Waals surface area contributed by atoms with E-state index in [0.29, 0.717) is 13.0 Å². The molecular weight excluding hydrogens is 275 g/mol. The van der Waals surface area contributed by atoms with Gasteiger partial charge in [0.25, 0.3) is 0 Å². The lowest BCUT2D eigenvalue weighted by molar-refractivity contribution is -0.384. The normalized spacial score (nSPS) is 9.90. The number of hydrogen-bond acceptors (Lipinski definition) is 5. The fraction of sp³-hybridized carbons (Fsp3) is 0.143. The zero-order valence-electron chi connectivity index (χ0n) is 10.9. The Balaban J connectivity index is 2.08. The number of nitriles is 1. The van der Waals surface area contributed by atoms with E-state index < -0.39 is 4.92 Å². The molecule has 0 bridgehead atoms. The second kappa shape index (κ2) is 6.43. The van der Waals surface area contributed by atoms with E-state index in [1.165, 1.54) is 24.4 Å². The molecule has 21 heavy (non-hydrogen) atoms. The molecule has 2 rings (SSSR count). The molecular formula is C14H11FN4O2. The van der Waals surface area contributed by atoms with Crippen LogP contribution in [0.5, 0.6) is 0 Å². The Bertz CT molecular complexity index is 695. The van der Waals surface area contributed by atoms with Crippen LogP contribution in [0.25, 0.3) is 0 Å². The molecule has 0 aliphatic rings. The number of anilines is 1. The van der Waals surface area contributed by atoms with Crippen molar-refractivity contribution in [1.82, 2.24) is 4.98 Å². The van der Waals surface area contributed by atoms with Crippen LogP contribution in [0.15, 0.2) is 36.5 Å². The van der Waals surface area contributed by atoms with Gasteiger partial charge in [-0.1, -0.05) is 12.1 Å². The molecule has 0 saturated carbocycles. The molecule has 0 aliphatic carbocycles. The third-order valence-corrected chi connectivity index (χ3v) is 2.85. The summed E-state index contributed by atoms with van der Waals surface area (Å²) in [5, 5.41) is 22.7. The molecule has 1 N–H and O–H groups in total. The molecule has 1 aromatic carbocycles. The number of hydrogen-bond donors (Lipinski definition) is 1. The molecule has 2 aromatic rings. The maximum absolute atomic E-state index is 12.8. The first kappa shape index (κ1) is 14.4. The van der Waals surface area contributed by atoms with Crippen LogP contribution in [0, 0.1) is 27.3 Å². The minimum atomic E-state index is -0.633. The van der Waals surface area contributed by atoms with Gasteiger partial charge in [0.2, 0.25) is 5.82 Å². The van der Waals surface area contributed by atoms with Crippen LogP contribution in [0.3, 0.4) is 0 Å².